The summed E-state index contributed by atoms with van der Waals surface area (Å²) in [5.74, 6) is -0.638. The second-order valence-electron chi connectivity index (χ2n) is 5.49. The highest BCUT2D eigenvalue weighted by Crippen LogP contribution is 2.31. The van der Waals surface area contributed by atoms with Crippen molar-refractivity contribution in [1.29, 1.82) is 0 Å². The molecule has 0 amide bonds. The smallest absolute Gasteiger partial charge is 0.303 e. The maximum Gasteiger partial charge on any atom is 0.303 e. The normalized spacial score (nSPS) is 23.9. The number of sulfonamides is 1. The van der Waals surface area contributed by atoms with Crippen molar-refractivity contribution in [3.8, 4) is 0 Å². The Kier molecular flexibility index (Phi) is 5.00. The number of carboxylic acids is 1. The van der Waals surface area contributed by atoms with Gasteiger partial charge in [-0.25, -0.2) is 8.42 Å². The largest absolute Gasteiger partial charge is 0.481 e. The first-order valence-electron chi connectivity index (χ1n) is 7.22. The lowest BCUT2D eigenvalue weighted by Gasteiger charge is -2.37. The van der Waals surface area contributed by atoms with Crippen LogP contribution in [0, 0.1) is 11.8 Å². The third kappa shape index (κ3) is 3.63. The van der Waals surface area contributed by atoms with Crippen LogP contribution in [0.4, 0.5) is 0 Å². The van der Waals surface area contributed by atoms with Crippen molar-refractivity contribution in [2.45, 2.75) is 31.1 Å². The fourth-order valence-electron chi connectivity index (χ4n) is 2.96. The number of carboxylic acid groups (broad SMARTS) is 1. The number of nitrogens with zero attached hydrogens (tertiary/aromatic N) is 1. The maximum atomic E-state index is 12.6. The Morgan fingerprint density at radius 2 is 1.95 bits per heavy atom. The molecule has 1 saturated heterocycles. The van der Waals surface area contributed by atoms with Crippen molar-refractivity contribution in [2.75, 3.05) is 13.1 Å². The first kappa shape index (κ1) is 16.0. The van der Waals surface area contributed by atoms with E-state index in [1.165, 1.54) is 4.31 Å². The summed E-state index contributed by atoms with van der Waals surface area (Å²) in [5, 5.41) is 8.95. The van der Waals surface area contributed by atoms with Crippen molar-refractivity contribution in [2.24, 2.45) is 11.8 Å². The zero-order chi connectivity index (χ0) is 15.5. The number of hydrogen-bond acceptors (Lipinski definition) is 3. The van der Waals surface area contributed by atoms with Crippen molar-refractivity contribution < 1.29 is 18.3 Å². The van der Waals surface area contributed by atoms with Gasteiger partial charge < -0.3 is 5.11 Å². The predicted molar refractivity (Wildman–Crippen MR) is 79.3 cm³/mol. The molecule has 116 valence electrons. The van der Waals surface area contributed by atoms with Crippen molar-refractivity contribution >= 4 is 16.0 Å². The monoisotopic (exact) mass is 311 g/mol. The van der Waals surface area contributed by atoms with Gasteiger partial charge in [0.2, 0.25) is 10.0 Å². The Labute approximate surface area is 125 Å². The molecule has 0 spiro atoms. The molecule has 21 heavy (non-hydrogen) atoms. The SMILES string of the molecule is CC[C@@H]1CN(S(=O)(=O)c2ccccc2)CC[C@H]1CC(=O)O. The van der Waals surface area contributed by atoms with E-state index >= 15 is 0 Å². The molecule has 1 aromatic rings. The van der Waals surface area contributed by atoms with E-state index in [1.807, 2.05) is 6.92 Å². The van der Waals surface area contributed by atoms with Gasteiger partial charge in [-0.15, -0.1) is 0 Å². The molecule has 5 nitrogen and oxygen atoms in total. The van der Waals surface area contributed by atoms with Crippen LogP contribution in [0.3, 0.4) is 0 Å². The highest BCUT2D eigenvalue weighted by molar-refractivity contribution is 7.89. The molecule has 1 fully saturated rings. The van der Waals surface area contributed by atoms with E-state index in [4.69, 9.17) is 5.11 Å². The minimum Gasteiger partial charge on any atom is -0.481 e. The van der Waals surface area contributed by atoms with Crippen molar-refractivity contribution in [1.82, 2.24) is 4.31 Å². The summed E-state index contributed by atoms with van der Waals surface area (Å²) in [6, 6.07) is 8.40. The molecule has 1 N–H and O–H groups in total. The summed E-state index contributed by atoms with van der Waals surface area (Å²) in [7, 11) is -3.47. The van der Waals surface area contributed by atoms with Gasteiger partial charge >= 0.3 is 5.97 Å². The zero-order valence-electron chi connectivity index (χ0n) is 12.1. The van der Waals surface area contributed by atoms with Crippen LogP contribution in [-0.2, 0) is 14.8 Å². The summed E-state index contributed by atoms with van der Waals surface area (Å²) in [5.41, 5.74) is 0. The minimum atomic E-state index is -3.47. The molecule has 0 unspecified atom stereocenters. The first-order valence-corrected chi connectivity index (χ1v) is 8.66. The second kappa shape index (κ2) is 6.58. The number of hydrogen-bond donors (Lipinski definition) is 1. The van der Waals surface area contributed by atoms with Crippen LogP contribution in [0.25, 0.3) is 0 Å². The maximum absolute atomic E-state index is 12.6. The molecule has 1 aliphatic heterocycles. The summed E-state index contributed by atoms with van der Waals surface area (Å²) in [6.07, 6.45) is 1.52. The lowest BCUT2D eigenvalue weighted by Crippen LogP contribution is -2.44. The van der Waals surface area contributed by atoms with Crippen LogP contribution in [0.1, 0.15) is 26.2 Å². The van der Waals surface area contributed by atoms with Gasteiger partial charge in [0.1, 0.15) is 0 Å². The van der Waals surface area contributed by atoms with Crippen LogP contribution in [0.2, 0.25) is 0 Å². The molecule has 0 radical (unpaired) electrons. The molecule has 6 heteroatoms. The van der Waals surface area contributed by atoms with Gasteiger partial charge in [-0.3, -0.25) is 4.79 Å². The molecule has 0 aliphatic carbocycles. The predicted octanol–water partition coefficient (Wildman–Crippen LogP) is 2.20. The van der Waals surface area contributed by atoms with E-state index in [9.17, 15) is 13.2 Å². The van der Waals surface area contributed by atoms with E-state index in [0.717, 1.165) is 6.42 Å². The van der Waals surface area contributed by atoms with Crippen LogP contribution in [0.15, 0.2) is 35.2 Å². The van der Waals surface area contributed by atoms with E-state index in [2.05, 4.69) is 0 Å². The highest BCUT2D eigenvalue weighted by Gasteiger charge is 2.35. The first-order chi connectivity index (χ1) is 9.95. The highest BCUT2D eigenvalue weighted by atomic mass is 32.2. The average molecular weight is 311 g/mol. The number of aliphatic carboxylic acids is 1. The van der Waals surface area contributed by atoms with Gasteiger partial charge in [0.15, 0.2) is 0 Å². The van der Waals surface area contributed by atoms with E-state index in [0.29, 0.717) is 24.4 Å². The Morgan fingerprint density at radius 3 is 2.52 bits per heavy atom. The third-order valence-electron chi connectivity index (χ3n) is 4.20. The fraction of sp³-hybridized carbons (Fsp3) is 0.533. The zero-order valence-corrected chi connectivity index (χ0v) is 12.9. The number of benzene rings is 1. The Morgan fingerprint density at radius 1 is 1.29 bits per heavy atom. The Balaban J connectivity index is 2.15. The van der Waals surface area contributed by atoms with Gasteiger partial charge in [0, 0.05) is 19.5 Å². The van der Waals surface area contributed by atoms with Gasteiger partial charge in [-0.1, -0.05) is 31.5 Å². The molecule has 0 bridgehead atoms. The lowest BCUT2D eigenvalue weighted by molar-refractivity contribution is -0.138. The molecule has 0 saturated carbocycles. The molecule has 2 rings (SSSR count). The quantitative estimate of drug-likeness (QED) is 0.904. The number of rotatable bonds is 5. The van der Waals surface area contributed by atoms with Crippen molar-refractivity contribution in [3.63, 3.8) is 0 Å². The summed E-state index contributed by atoms with van der Waals surface area (Å²) in [6.45, 7) is 2.79. The van der Waals surface area contributed by atoms with Gasteiger partial charge in [0.05, 0.1) is 4.90 Å². The van der Waals surface area contributed by atoms with Crippen LogP contribution >= 0.6 is 0 Å². The van der Waals surface area contributed by atoms with E-state index in [1.54, 1.807) is 30.3 Å². The van der Waals surface area contributed by atoms with Gasteiger partial charge in [-0.05, 0) is 30.4 Å². The lowest BCUT2D eigenvalue weighted by atomic mass is 9.82. The second-order valence-corrected chi connectivity index (χ2v) is 7.43. The molecule has 2 atom stereocenters. The molecule has 1 heterocycles. The molecular weight excluding hydrogens is 290 g/mol. The molecule has 1 aromatic carbocycles. The van der Waals surface area contributed by atoms with Crippen molar-refractivity contribution in [3.05, 3.63) is 30.3 Å². The summed E-state index contributed by atoms with van der Waals surface area (Å²) < 4.78 is 26.7. The fourth-order valence-corrected chi connectivity index (χ4v) is 4.50. The molecule has 1 aliphatic rings. The number of piperidine rings is 1. The topological polar surface area (TPSA) is 74.7 Å². The summed E-state index contributed by atoms with van der Waals surface area (Å²) >= 11 is 0. The van der Waals surface area contributed by atoms with Gasteiger partial charge in [0.25, 0.3) is 0 Å². The van der Waals surface area contributed by atoms with E-state index in [-0.39, 0.29) is 18.3 Å². The van der Waals surface area contributed by atoms with E-state index < -0.39 is 16.0 Å². The number of carbonyl (C=O) groups is 1. The summed E-state index contributed by atoms with van der Waals surface area (Å²) in [4.78, 5) is 11.2. The Hall–Kier alpha value is -1.40. The van der Waals surface area contributed by atoms with Crippen LogP contribution < -0.4 is 0 Å². The van der Waals surface area contributed by atoms with Gasteiger partial charge in [-0.2, -0.15) is 4.31 Å². The standard InChI is InChI=1S/C15H21NO4S/c1-2-12-11-16(9-8-13(12)10-15(17)18)21(19,20)14-6-4-3-5-7-14/h3-7,12-13H,2,8-11H2,1H3,(H,17,18)/t12-,13+/m1/s1. The average Bonchev–Trinajstić information content (AvgIpc) is 2.47. The molecule has 0 aromatic heterocycles. The van der Waals surface area contributed by atoms with Crippen LogP contribution in [-0.4, -0.2) is 36.9 Å². The minimum absolute atomic E-state index is 0.0646. The molecular formula is C15H21NO4S. The third-order valence-corrected chi connectivity index (χ3v) is 6.08. The Bertz CT molecular complexity index is 585. The van der Waals surface area contributed by atoms with Crippen LogP contribution in [0.5, 0.6) is 0 Å².